The van der Waals surface area contributed by atoms with Gasteiger partial charge in [0.25, 0.3) is 0 Å². The molecule has 0 saturated carbocycles. The van der Waals surface area contributed by atoms with Crippen LogP contribution in [0.5, 0.6) is 0 Å². The van der Waals surface area contributed by atoms with E-state index in [-0.39, 0.29) is 11.6 Å². The molecule has 0 amide bonds. The number of nitrogens with zero attached hydrogens (tertiary/aromatic N) is 2. The zero-order valence-corrected chi connectivity index (χ0v) is 11.6. The molecule has 5 nitrogen and oxygen atoms in total. The van der Waals surface area contributed by atoms with Crippen LogP contribution in [0.1, 0.15) is 40.1 Å². The number of nitrogens with one attached hydrogen (secondary N) is 1. The van der Waals surface area contributed by atoms with E-state index in [0.717, 1.165) is 11.3 Å². The van der Waals surface area contributed by atoms with Crippen molar-refractivity contribution in [2.45, 2.75) is 19.5 Å². The Morgan fingerprint density at radius 1 is 1.33 bits per heavy atom. The molecule has 106 valence electrons. The molecule has 0 saturated heterocycles. The molecule has 2 N–H and O–H groups in total. The van der Waals surface area contributed by atoms with Gasteiger partial charge in [0.1, 0.15) is 0 Å². The highest BCUT2D eigenvalue weighted by molar-refractivity contribution is 5.87. The average molecular weight is 281 g/mol. The number of pyridine rings is 1. The second kappa shape index (κ2) is 6.64. The van der Waals surface area contributed by atoms with Gasteiger partial charge in [0.05, 0.1) is 22.9 Å². The van der Waals surface area contributed by atoms with E-state index in [0.29, 0.717) is 12.1 Å². The van der Waals surface area contributed by atoms with Crippen molar-refractivity contribution in [3.05, 3.63) is 65.0 Å². The van der Waals surface area contributed by atoms with Crippen LogP contribution in [0.15, 0.2) is 42.6 Å². The van der Waals surface area contributed by atoms with Gasteiger partial charge in [0.15, 0.2) is 0 Å². The summed E-state index contributed by atoms with van der Waals surface area (Å²) in [6, 6.07) is 12.8. The van der Waals surface area contributed by atoms with Gasteiger partial charge >= 0.3 is 5.97 Å². The highest BCUT2D eigenvalue weighted by Gasteiger charge is 2.06. The lowest BCUT2D eigenvalue weighted by molar-refractivity contribution is 0.0696. The van der Waals surface area contributed by atoms with Crippen LogP contribution in [-0.4, -0.2) is 16.1 Å². The lowest BCUT2D eigenvalue weighted by Gasteiger charge is -2.14. The van der Waals surface area contributed by atoms with Gasteiger partial charge in [0.2, 0.25) is 0 Å². The minimum Gasteiger partial charge on any atom is -0.478 e. The normalized spacial score (nSPS) is 11.6. The maximum atomic E-state index is 10.7. The van der Waals surface area contributed by atoms with Crippen molar-refractivity contribution < 1.29 is 9.90 Å². The van der Waals surface area contributed by atoms with Crippen LogP contribution in [-0.2, 0) is 6.54 Å². The second-order valence-corrected chi connectivity index (χ2v) is 4.68. The molecule has 1 unspecified atom stereocenters. The lowest BCUT2D eigenvalue weighted by Crippen LogP contribution is -2.18. The molecule has 0 aliphatic heterocycles. The van der Waals surface area contributed by atoms with Crippen LogP contribution in [0.25, 0.3) is 0 Å². The molecule has 2 aromatic rings. The third kappa shape index (κ3) is 3.88. The predicted molar refractivity (Wildman–Crippen MR) is 77.6 cm³/mol. The molecule has 1 aromatic carbocycles. The predicted octanol–water partition coefficient (Wildman–Crippen LogP) is 2.50. The van der Waals surface area contributed by atoms with Crippen LogP contribution >= 0.6 is 0 Å². The summed E-state index contributed by atoms with van der Waals surface area (Å²) in [4.78, 5) is 14.8. The first-order valence-electron chi connectivity index (χ1n) is 6.52. The summed E-state index contributed by atoms with van der Waals surface area (Å²) in [6.45, 7) is 2.56. The topological polar surface area (TPSA) is 86.0 Å². The molecule has 1 aromatic heterocycles. The Kier molecular flexibility index (Phi) is 4.64. The number of hydrogen-bond donors (Lipinski definition) is 2. The fourth-order valence-electron chi connectivity index (χ4n) is 1.88. The first-order chi connectivity index (χ1) is 10.1. The van der Waals surface area contributed by atoms with Crippen molar-refractivity contribution in [1.29, 1.82) is 5.26 Å². The van der Waals surface area contributed by atoms with Crippen LogP contribution in [0.2, 0.25) is 0 Å². The number of carboxylic acid groups (broad SMARTS) is 1. The summed E-state index contributed by atoms with van der Waals surface area (Å²) in [7, 11) is 0. The molecule has 0 aliphatic carbocycles. The first kappa shape index (κ1) is 14.7. The first-order valence-corrected chi connectivity index (χ1v) is 6.52. The van der Waals surface area contributed by atoms with Crippen molar-refractivity contribution >= 4 is 5.97 Å². The van der Waals surface area contributed by atoms with Gasteiger partial charge in [-0.05, 0) is 36.8 Å². The molecule has 0 fully saturated rings. The molecule has 0 radical (unpaired) electrons. The molecule has 0 aliphatic rings. The number of hydrogen-bond acceptors (Lipinski definition) is 4. The van der Waals surface area contributed by atoms with E-state index >= 15 is 0 Å². The summed E-state index contributed by atoms with van der Waals surface area (Å²) in [6.07, 6.45) is 1.35. The number of aromatic carboxylic acids is 1. The Bertz CT molecular complexity index is 657. The fourth-order valence-corrected chi connectivity index (χ4v) is 1.88. The number of aromatic nitrogens is 1. The smallest absolute Gasteiger partial charge is 0.337 e. The van der Waals surface area contributed by atoms with Crippen LogP contribution in [0, 0.1) is 11.3 Å². The van der Waals surface area contributed by atoms with Gasteiger partial charge < -0.3 is 10.4 Å². The maximum Gasteiger partial charge on any atom is 0.337 e. The van der Waals surface area contributed by atoms with Gasteiger partial charge in [-0.1, -0.05) is 12.1 Å². The van der Waals surface area contributed by atoms with E-state index in [1.807, 2.05) is 19.1 Å². The summed E-state index contributed by atoms with van der Waals surface area (Å²) < 4.78 is 0. The number of carbonyl (C=O) groups is 1. The summed E-state index contributed by atoms with van der Waals surface area (Å²) >= 11 is 0. The van der Waals surface area contributed by atoms with E-state index in [4.69, 9.17) is 10.4 Å². The Balaban J connectivity index is 1.95. The molecule has 0 spiro atoms. The fraction of sp³-hybridized carbons (Fsp3) is 0.188. The third-order valence-corrected chi connectivity index (χ3v) is 3.20. The SMILES string of the molecule is CC(NCc1ccc(C(=O)O)cn1)c1ccc(C#N)cc1. The number of nitriles is 1. The van der Waals surface area contributed by atoms with E-state index < -0.39 is 5.97 Å². The molecule has 5 heteroatoms. The van der Waals surface area contributed by atoms with Crippen LogP contribution in [0.3, 0.4) is 0 Å². The Morgan fingerprint density at radius 3 is 2.57 bits per heavy atom. The highest BCUT2D eigenvalue weighted by Crippen LogP contribution is 2.13. The largest absolute Gasteiger partial charge is 0.478 e. The Labute approximate surface area is 122 Å². The van der Waals surface area contributed by atoms with E-state index in [9.17, 15) is 4.79 Å². The van der Waals surface area contributed by atoms with E-state index in [1.54, 1.807) is 24.3 Å². The second-order valence-electron chi connectivity index (χ2n) is 4.68. The maximum absolute atomic E-state index is 10.7. The molecule has 21 heavy (non-hydrogen) atoms. The zero-order valence-electron chi connectivity index (χ0n) is 11.6. The lowest BCUT2D eigenvalue weighted by atomic mass is 10.1. The minimum atomic E-state index is -0.979. The molecule has 0 bridgehead atoms. The van der Waals surface area contributed by atoms with Crippen LogP contribution < -0.4 is 5.32 Å². The van der Waals surface area contributed by atoms with Crippen molar-refractivity contribution in [1.82, 2.24) is 10.3 Å². The number of rotatable bonds is 5. The van der Waals surface area contributed by atoms with Crippen LogP contribution in [0.4, 0.5) is 0 Å². The zero-order chi connectivity index (χ0) is 15.2. The molecular weight excluding hydrogens is 266 g/mol. The van der Waals surface area contributed by atoms with Gasteiger partial charge in [0, 0.05) is 18.8 Å². The summed E-state index contributed by atoms with van der Waals surface area (Å²) in [5.74, 6) is -0.979. The Hall–Kier alpha value is -2.71. The van der Waals surface area contributed by atoms with Crippen molar-refractivity contribution in [3.8, 4) is 6.07 Å². The molecule has 1 atom stereocenters. The van der Waals surface area contributed by atoms with Gasteiger partial charge in [-0.2, -0.15) is 5.26 Å². The summed E-state index contributed by atoms with van der Waals surface area (Å²) in [5.41, 5.74) is 2.67. The van der Waals surface area contributed by atoms with E-state index in [1.165, 1.54) is 6.20 Å². The summed E-state index contributed by atoms with van der Waals surface area (Å²) in [5, 5.41) is 20.9. The standard InChI is InChI=1S/C16H15N3O2/c1-11(13-4-2-12(8-17)3-5-13)18-10-15-7-6-14(9-19-15)16(20)21/h2-7,9,11,18H,10H2,1H3,(H,20,21). The Morgan fingerprint density at radius 2 is 2.05 bits per heavy atom. The molecule has 1 heterocycles. The van der Waals surface area contributed by atoms with Gasteiger partial charge in [-0.25, -0.2) is 4.79 Å². The monoisotopic (exact) mass is 281 g/mol. The quantitative estimate of drug-likeness (QED) is 0.879. The minimum absolute atomic E-state index is 0.110. The van der Waals surface area contributed by atoms with Gasteiger partial charge in [-0.3, -0.25) is 4.98 Å². The third-order valence-electron chi connectivity index (χ3n) is 3.20. The average Bonchev–Trinajstić information content (AvgIpc) is 2.53. The van der Waals surface area contributed by atoms with Crippen molar-refractivity contribution in [2.75, 3.05) is 0 Å². The van der Waals surface area contributed by atoms with Crippen molar-refractivity contribution in [3.63, 3.8) is 0 Å². The number of carboxylic acids is 1. The number of benzene rings is 1. The molecule has 2 rings (SSSR count). The van der Waals surface area contributed by atoms with E-state index in [2.05, 4.69) is 16.4 Å². The molecular formula is C16H15N3O2. The van der Waals surface area contributed by atoms with Gasteiger partial charge in [-0.15, -0.1) is 0 Å². The highest BCUT2D eigenvalue weighted by atomic mass is 16.4. The van der Waals surface area contributed by atoms with Crippen molar-refractivity contribution in [2.24, 2.45) is 0 Å².